The standard InChI is InChI=1S/C14H18F2N4O2/c1-14(18-12(21)11(15)16)4-6-19(8-14)13(22)9-7-17-10-3-2-5-20(9)10/h7,11H,2-6,8H2,1H3,(H,18,21). The van der Waals surface area contributed by atoms with Crippen LogP contribution < -0.4 is 5.32 Å². The van der Waals surface area contributed by atoms with Gasteiger partial charge in [0.25, 0.3) is 11.8 Å². The molecular weight excluding hydrogens is 294 g/mol. The van der Waals surface area contributed by atoms with Crippen LogP contribution in [0, 0.1) is 0 Å². The van der Waals surface area contributed by atoms with Crippen LogP contribution in [0.25, 0.3) is 0 Å². The minimum Gasteiger partial charge on any atom is -0.344 e. The minimum absolute atomic E-state index is 0.157. The number of nitrogens with one attached hydrogen (secondary N) is 1. The van der Waals surface area contributed by atoms with Gasteiger partial charge < -0.3 is 14.8 Å². The molecule has 1 fully saturated rings. The Kier molecular flexibility index (Phi) is 3.62. The highest BCUT2D eigenvalue weighted by Gasteiger charge is 2.39. The summed E-state index contributed by atoms with van der Waals surface area (Å²) >= 11 is 0. The van der Waals surface area contributed by atoms with E-state index in [9.17, 15) is 18.4 Å². The molecule has 3 heterocycles. The van der Waals surface area contributed by atoms with Crippen molar-refractivity contribution in [3.8, 4) is 0 Å². The topological polar surface area (TPSA) is 67.2 Å². The summed E-state index contributed by atoms with van der Waals surface area (Å²) in [6, 6.07) is 0. The summed E-state index contributed by atoms with van der Waals surface area (Å²) < 4.78 is 26.7. The molecule has 0 radical (unpaired) electrons. The molecule has 0 saturated carbocycles. The minimum atomic E-state index is -3.04. The Morgan fingerprint density at radius 3 is 2.91 bits per heavy atom. The largest absolute Gasteiger partial charge is 0.344 e. The zero-order chi connectivity index (χ0) is 15.9. The summed E-state index contributed by atoms with van der Waals surface area (Å²) in [5, 5.41) is 2.33. The number of imidazole rings is 1. The van der Waals surface area contributed by atoms with Gasteiger partial charge in [0.15, 0.2) is 0 Å². The van der Waals surface area contributed by atoms with Crippen LogP contribution in [0.3, 0.4) is 0 Å². The second-order valence-electron chi connectivity index (χ2n) is 6.14. The normalized spacial score (nSPS) is 23.9. The van der Waals surface area contributed by atoms with Crippen LogP contribution in [-0.2, 0) is 17.8 Å². The zero-order valence-corrected chi connectivity index (χ0v) is 12.3. The lowest BCUT2D eigenvalue weighted by Crippen LogP contribution is -2.50. The smallest absolute Gasteiger partial charge is 0.315 e. The summed E-state index contributed by atoms with van der Waals surface area (Å²) in [5.74, 6) is -0.533. The molecule has 120 valence electrons. The van der Waals surface area contributed by atoms with E-state index in [0.717, 1.165) is 25.2 Å². The van der Waals surface area contributed by atoms with Crippen molar-refractivity contribution in [2.45, 2.75) is 44.7 Å². The van der Waals surface area contributed by atoms with Crippen LogP contribution in [-0.4, -0.2) is 51.3 Å². The van der Waals surface area contributed by atoms with Gasteiger partial charge in [-0.25, -0.2) is 4.98 Å². The van der Waals surface area contributed by atoms with Crippen molar-refractivity contribution in [1.82, 2.24) is 19.8 Å². The number of carbonyl (C=O) groups is 2. The predicted molar refractivity (Wildman–Crippen MR) is 73.6 cm³/mol. The number of halogens is 2. The number of rotatable bonds is 3. The molecule has 0 spiro atoms. The Labute approximate surface area is 126 Å². The molecule has 1 unspecified atom stereocenters. The number of aryl methyl sites for hydroxylation is 1. The first-order valence-electron chi connectivity index (χ1n) is 7.33. The van der Waals surface area contributed by atoms with E-state index < -0.39 is 17.9 Å². The molecule has 1 aromatic heterocycles. The molecule has 3 rings (SSSR count). The van der Waals surface area contributed by atoms with Crippen molar-refractivity contribution in [2.75, 3.05) is 13.1 Å². The van der Waals surface area contributed by atoms with Gasteiger partial charge in [0.05, 0.1) is 11.7 Å². The highest BCUT2D eigenvalue weighted by molar-refractivity contribution is 5.93. The first kappa shape index (κ1) is 14.9. The number of amides is 2. The fourth-order valence-corrected chi connectivity index (χ4v) is 3.18. The number of likely N-dealkylation sites (tertiary alicyclic amines) is 1. The molecule has 0 bridgehead atoms. The molecule has 2 amide bonds. The van der Waals surface area contributed by atoms with E-state index in [4.69, 9.17) is 0 Å². The molecule has 0 aromatic carbocycles. The van der Waals surface area contributed by atoms with Gasteiger partial charge in [-0.15, -0.1) is 0 Å². The first-order chi connectivity index (χ1) is 10.4. The van der Waals surface area contributed by atoms with E-state index in [-0.39, 0.29) is 12.5 Å². The fourth-order valence-electron chi connectivity index (χ4n) is 3.18. The quantitative estimate of drug-likeness (QED) is 0.898. The molecule has 8 heteroatoms. The maximum atomic E-state index is 12.6. The molecule has 1 atom stereocenters. The summed E-state index contributed by atoms with van der Waals surface area (Å²) in [7, 11) is 0. The predicted octanol–water partition coefficient (Wildman–Crippen LogP) is 0.815. The molecule has 1 N–H and O–H groups in total. The Morgan fingerprint density at radius 2 is 2.18 bits per heavy atom. The zero-order valence-electron chi connectivity index (χ0n) is 12.3. The highest BCUT2D eigenvalue weighted by atomic mass is 19.3. The maximum absolute atomic E-state index is 12.6. The van der Waals surface area contributed by atoms with Crippen molar-refractivity contribution in [1.29, 1.82) is 0 Å². The van der Waals surface area contributed by atoms with E-state index in [2.05, 4.69) is 10.3 Å². The third-order valence-electron chi connectivity index (χ3n) is 4.32. The summed E-state index contributed by atoms with van der Waals surface area (Å²) in [6.45, 7) is 3.12. The number of aromatic nitrogens is 2. The van der Waals surface area contributed by atoms with E-state index in [0.29, 0.717) is 18.7 Å². The molecule has 2 aliphatic rings. The van der Waals surface area contributed by atoms with Gasteiger partial charge >= 0.3 is 6.43 Å². The van der Waals surface area contributed by atoms with Gasteiger partial charge in [-0.1, -0.05) is 0 Å². The van der Waals surface area contributed by atoms with Crippen molar-refractivity contribution in [2.24, 2.45) is 0 Å². The third-order valence-corrected chi connectivity index (χ3v) is 4.32. The average molecular weight is 312 g/mol. The number of hydrogen-bond acceptors (Lipinski definition) is 3. The van der Waals surface area contributed by atoms with Crippen LogP contribution >= 0.6 is 0 Å². The van der Waals surface area contributed by atoms with E-state index in [1.807, 2.05) is 4.57 Å². The second kappa shape index (κ2) is 5.33. The van der Waals surface area contributed by atoms with Crippen LogP contribution in [0.2, 0.25) is 0 Å². The highest BCUT2D eigenvalue weighted by Crippen LogP contribution is 2.24. The van der Waals surface area contributed by atoms with Crippen LogP contribution in [0.1, 0.15) is 36.1 Å². The van der Waals surface area contributed by atoms with Gasteiger partial charge in [-0.3, -0.25) is 9.59 Å². The average Bonchev–Trinajstić information content (AvgIpc) is 3.12. The monoisotopic (exact) mass is 312 g/mol. The number of fused-ring (bicyclic) bond motifs is 1. The Balaban J connectivity index is 1.69. The van der Waals surface area contributed by atoms with E-state index >= 15 is 0 Å². The molecule has 22 heavy (non-hydrogen) atoms. The Hall–Kier alpha value is -1.99. The summed E-state index contributed by atoms with van der Waals surface area (Å²) in [5.41, 5.74) is -0.270. The van der Waals surface area contributed by atoms with E-state index in [1.54, 1.807) is 18.0 Å². The number of nitrogens with zero attached hydrogens (tertiary/aromatic N) is 3. The molecule has 2 aliphatic heterocycles. The lowest BCUT2D eigenvalue weighted by molar-refractivity contribution is -0.133. The van der Waals surface area contributed by atoms with Crippen LogP contribution in [0.5, 0.6) is 0 Å². The van der Waals surface area contributed by atoms with Crippen molar-refractivity contribution in [3.05, 3.63) is 17.7 Å². The number of hydrogen-bond donors (Lipinski definition) is 1. The lowest BCUT2D eigenvalue weighted by atomic mass is 10.0. The number of carbonyl (C=O) groups excluding carboxylic acids is 2. The van der Waals surface area contributed by atoms with Gasteiger partial charge in [0, 0.05) is 26.1 Å². The van der Waals surface area contributed by atoms with Crippen molar-refractivity contribution in [3.63, 3.8) is 0 Å². The second-order valence-corrected chi connectivity index (χ2v) is 6.14. The molecule has 6 nitrogen and oxygen atoms in total. The molecule has 1 saturated heterocycles. The third kappa shape index (κ3) is 2.57. The molecule has 0 aliphatic carbocycles. The van der Waals surface area contributed by atoms with Crippen LogP contribution in [0.15, 0.2) is 6.20 Å². The fraction of sp³-hybridized carbons (Fsp3) is 0.643. The SMILES string of the molecule is CC1(NC(=O)C(F)F)CCN(C(=O)c2cnc3n2CCC3)C1. The van der Waals surface area contributed by atoms with Gasteiger partial charge in [0.2, 0.25) is 0 Å². The maximum Gasteiger partial charge on any atom is 0.315 e. The van der Waals surface area contributed by atoms with Gasteiger partial charge in [-0.05, 0) is 19.8 Å². The van der Waals surface area contributed by atoms with Crippen LogP contribution in [0.4, 0.5) is 8.78 Å². The molecular formula is C14H18F2N4O2. The summed E-state index contributed by atoms with van der Waals surface area (Å²) in [6.07, 6.45) is 0.836. The van der Waals surface area contributed by atoms with Gasteiger partial charge in [0.1, 0.15) is 11.5 Å². The van der Waals surface area contributed by atoms with Gasteiger partial charge in [-0.2, -0.15) is 8.78 Å². The molecule has 1 aromatic rings. The Morgan fingerprint density at radius 1 is 1.41 bits per heavy atom. The first-order valence-corrected chi connectivity index (χ1v) is 7.33. The van der Waals surface area contributed by atoms with E-state index in [1.165, 1.54) is 0 Å². The van der Waals surface area contributed by atoms with Crippen molar-refractivity contribution < 1.29 is 18.4 Å². The Bertz CT molecular complexity index is 616. The summed E-state index contributed by atoms with van der Waals surface area (Å²) in [4.78, 5) is 29.6. The lowest BCUT2D eigenvalue weighted by Gasteiger charge is -2.26. The van der Waals surface area contributed by atoms with Crippen molar-refractivity contribution >= 4 is 11.8 Å². The number of alkyl halides is 2.